The Bertz CT molecular complexity index is 586. The van der Waals surface area contributed by atoms with Crippen LogP contribution in [0.2, 0.25) is 0 Å². The molecule has 0 N–H and O–H groups in total. The SMILES string of the molecule is CCOc1ccc(OCC(=O)N2CCCN(C(=O)CC(C)C)CC2)cc1. The molecule has 1 aliphatic heterocycles. The summed E-state index contributed by atoms with van der Waals surface area (Å²) < 4.78 is 11.0. The summed E-state index contributed by atoms with van der Waals surface area (Å²) in [7, 11) is 0. The number of amides is 2. The van der Waals surface area contributed by atoms with Crippen molar-refractivity contribution in [3.05, 3.63) is 24.3 Å². The average Bonchev–Trinajstić information content (AvgIpc) is 2.87. The van der Waals surface area contributed by atoms with Crippen molar-refractivity contribution in [1.29, 1.82) is 0 Å². The highest BCUT2D eigenvalue weighted by molar-refractivity contribution is 5.78. The van der Waals surface area contributed by atoms with E-state index in [-0.39, 0.29) is 18.4 Å². The van der Waals surface area contributed by atoms with Crippen molar-refractivity contribution in [2.75, 3.05) is 39.4 Å². The lowest BCUT2D eigenvalue weighted by atomic mass is 10.1. The molecule has 0 spiro atoms. The fourth-order valence-corrected chi connectivity index (χ4v) is 2.93. The Balaban J connectivity index is 1.79. The molecule has 6 nitrogen and oxygen atoms in total. The summed E-state index contributed by atoms with van der Waals surface area (Å²) in [6.07, 6.45) is 1.37. The third-order valence-electron chi connectivity index (χ3n) is 4.28. The van der Waals surface area contributed by atoms with E-state index in [0.717, 1.165) is 18.7 Å². The zero-order valence-corrected chi connectivity index (χ0v) is 16.1. The van der Waals surface area contributed by atoms with E-state index in [1.807, 2.05) is 37.8 Å². The molecule has 6 heteroatoms. The lowest BCUT2D eigenvalue weighted by Crippen LogP contribution is -2.39. The third-order valence-corrected chi connectivity index (χ3v) is 4.28. The van der Waals surface area contributed by atoms with Crippen LogP contribution in [0.15, 0.2) is 24.3 Å². The van der Waals surface area contributed by atoms with Crippen LogP contribution in [0, 0.1) is 5.92 Å². The van der Waals surface area contributed by atoms with E-state index in [1.165, 1.54) is 0 Å². The Morgan fingerprint density at radius 2 is 1.46 bits per heavy atom. The van der Waals surface area contributed by atoms with Crippen LogP contribution in [-0.4, -0.2) is 61.0 Å². The zero-order valence-electron chi connectivity index (χ0n) is 16.1. The van der Waals surface area contributed by atoms with Crippen LogP contribution in [0.25, 0.3) is 0 Å². The molecule has 26 heavy (non-hydrogen) atoms. The summed E-state index contributed by atoms with van der Waals surface area (Å²) in [6, 6.07) is 7.25. The Morgan fingerprint density at radius 1 is 0.923 bits per heavy atom. The number of hydrogen-bond donors (Lipinski definition) is 0. The van der Waals surface area contributed by atoms with Crippen LogP contribution in [0.3, 0.4) is 0 Å². The Morgan fingerprint density at radius 3 is 2.00 bits per heavy atom. The van der Waals surface area contributed by atoms with E-state index >= 15 is 0 Å². The lowest BCUT2D eigenvalue weighted by Gasteiger charge is -2.23. The van der Waals surface area contributed by atoms with Gasteiger partial charge in [-0.2, -0.15) is 0 Å². The van der Waals surface area contributed by atoms with Crippen LogP contribution in [0.5, 0.6) is 11.5 Å². The molecule has 2 amide bonds. The van der Waals surface area contributed by atoms with Gasteiger partial charge in [-0.25, -0.2) is 0 Å². The molecule has 1 aromatic rings. The van der Waals surface area contributed by atoms with Gasteiger partial charge in [-0.1, -0.05) is 13.8 Å². The molecule has 1 fully saturated rings. The first-order valence-electron chi connectivity index (χ1n) is 9.40. The molecule has 1 aliphatic rings. The maximum absolute atomic E-state index is 12.4. The quantitative estimate of drug-likeness (QED) is 0.748. The smallest absolute Gasteiger partial charge is 0.260 e. The molecule has 0 aromatic heterocycles. The van der Waals surface area contributed by atoms with Crippen molar-refractivity contribution in [3.63, 3.8) is 0 Å². The fraction of sp³-hybridized carbons (Fsp3) is 0.600. The predicted molar refractivity (Wildman–Crippen MR) is 100 cm³/mol. The molecule has 0 saturated carbocycles. The van der Waals surface area contributed by atoms with Gasteiger partial charge in [-0.3, -0.25) is 9.59 Å². The van der Waals surface area contributed by atoms with Crippen molar-refractivity contribution < 1.29 is 19.1 Å². The maximum Gasteiger partial charge on any atom is 0.260 e. The van der Waals surface area contributed by atoms with Crippen molar-refractivity contribution in [2.24, 2.45) is 5.92 Å². The number of ether oxygens (including phenoxy) is 2. The van der Waals surface area contributed by atoms with E-state index in [1.54, 1.807) is 17.0 Å². The molecule has 144 valence electrons. The van der Waals surface area contributed by atoms with Crippen molar-refractivity contribution in [1.82, 2.24) is 9.80 Å². The summed E-state index contributed by atoms with van der Waals surface area (Å²) in [6.45, 7) is 9.19. The van der Waals surface area contributed by atoms with Crippen LogP contribution < -0.4 is 9.47 Å². The summed E-state index contributed by atoms with van der Waals surface area (Å²) in [5.41, 5.74) is 0. The second-order valence-corrected chi connectivity index (χ2v) is 6.91. The monoisotopic (exact) mass is 362 g/mol. The first-order valence-corrected chi connectivity index (χ1v) is 9.40. The molecule has 1 aromatic carbocycles. The Hall–Kier alpha value is -2.24. The van der Waals surface area contributed by atoms with E-state index in [2.05, 4.69) is 0 Å². The molecule has 0 atom stereocenters. The Kier molecular flexibility index (Phi) is 7.75. The van der Waals surface area contributed by atoms with E-state index < -0.39 is 0 Å². The van der Waals surface area contributed by atoms with Gasteiger partial charge in [0.25, 0.3) is 5.91 Å². The van der Waals surface area contributed by atoms with E-state index in [4.69, 9.17) is 9.47 Å². The average molecular weight is 362 g/mol. The second-order valence-electron chi connectivity index (χ2n) is 6.91. The van der Waals surface area contributed by atoms with Gasteiger partial charge in [0.1, 0.15) is 11.5 Å². The van der Waals surface area contributed by atoms with E-state index in [9.17, 15) is 9.59 Å². The van der Waals surface area contributed by atoms with Gasteiger partial charge in [-0.15, -0.1) is 0 Å². The van der Waals surface area contributed by atoms with Gasteiger partial charge in [0.2, 0.25) is 5.91 Å². The van der Waals surface area contributed by atoms with Crippen molar-refractivity contribution in [3.8, 4) is 11.5 Å². The largest absolute Gasteiger partial charge is 0.494 e. The molecule has 1 heterocycles. The highest BCUT2D eigenvalue weighted by atomic mass is 16.5. The zero-order chi connectivity index (χ0) is 18.9. The van der Waals surface area contributed by atoms with Crippen LogP contribution in [-0.2, 0) is 9.59 Å². The fourth-order valence-electron chi connectivity index (χ4n) is 2.93. The molecule has 2 rings (SSSR count). The molecule has 0 aliphatic carbocycles. The third kappa shape index (κ3) is 6.24. The van der Waals surface area contributed by atoms with Gasteiger partial charge in [0.05, 0.1) is 6.61 Å². The molecule has 0 radical (unpaired) electrons. The number of rotatable bonds is 7. The van der Waals surface area contributed by atoms with Crippen LogP contribution >= 0.6 is 0 Å². The summed E-state index contributed by atoms with van der Waals surface area (Å²) in [4.78, 5) is 28.3. The molecule has 1 saturated heterocycles. The molecule has 0 unspecified atom stereocenters. The number of carbonyl (C=O) groups excluding carboxylic acids is 2. The maximum atomic E-state index is 12.4. The Labute approximate surface area is 156 Å². The van der Waals surface area contributed by atoms with Gasteiger partial charge < -0.3 is 19.3 Å². The number of benzene rings is 1. The number of nitrogens with zero attached hydrogens (tertiary/aromatic N) is 2. The highest BCUT2D eigenvalue weighted by Crippen LogP contribution is 2.17. The summed E-state index contributed by atoms with van der Waals surface area (Å²) in [5, 5.41) is 0. The first-order chi connectivity index (χ1) is 12.5. The normalized spacial score (nSPS) is 14.9. The van der Waals surface area contributed by atoms with Crippen molar-refractivity contribution >= 4 is 11.8 Å². The summed E-state index contributed by atoms with van der Waals surface area (Å²) >= 11 is 0. The van der Waals surface area contributed by atoms with E-state index in [0.29, 0.717) is 44.3 Å². The van der Waals surface area contributed by atoms with Gasteiger partial charge in [0.15, 0.2) is 6.61 Å². The predicted octanol–water partition coefficient (Wildman–Crippen LogP) is 2.57. The topological polar surface area (TPSA) is 59.1 Å². The molecular formula is C20H30N2O4. The minimum Gasteiger partial charge on any atom is -0.494 e. The second kappa shape index (κ2) is 10.0. The first kappa shape index (κ1) is 20.1. The lowest BCUT2D eigenvalue weighted by molar-refractivity contribution is -0.135. The van der Waals surface area contributed by atoms with Gasteiger partial charge >= 0.3 is 0 Å². The van der Waals surface area contributed by atoms with Crippen LogP contribution in [0.1, 0.15) is 33.6 Å². The summed E-state index contributed by atoms with van der Waals surface area (Å²) in [5.74, 6) is 1.91. The minimum atomic E-state index is -0.0444. The van der Waals surface area contributed by atoms with Gasteiger partial charge in [0, 0.05) is 32.6 Å². The minimum absolute atomic E-state index is 0.00786. The molecular weight excluding hydrogens is 332 g/mol. The highest BCUT2D eigenvalue weighted by Gasteiger charge is 2.22. The van der Waals surface area contributed by atoms with Crippen molar-refractivity contribution in [2.45, 2.75) is 33.6 Å². The van der Waals surface area contributed by atoms with Crippen LogP contribution in [0.4, 0.5) is 0 Å². The standard InChI is InChI=1S/C20H30N2O4/c1-4-25-17-6-8-18(9-7-17)26-15-20(24)22-11-5-10-21(12-13-22)19(23)14-16(2)3/h6-9,16H,4-5,10-15H2,1-3H3. The number of hydrogen-bond acceptors (Lipinski definition) is 4. The number of carbonyl (C=O) groups is 2. The van der Waals surface area contributed by atoms with Gasteiger partial charge in [-0.05, 0) is 43.5 Å². The molecule has 0 bridgehead atoms.